The van der Waals surface area contributed by atoms with Crippen LogP contribution < -0.4 is 14.8 Å². The molecule has 9 heteroatoms. The number of thiocarbonyl (C=S) groups is 1. The highest BCUT2D eigenvalue weighted by Crippen LogP contribution is 2.25. The summed E-state index contributed by atoms with van der Waals surface area (Å²) in [4.78, 5) is 14.5. The quantitative estimate of drug-likeness (QED) is 0.379. The molecule has 4 rings (SSSR count). The van der Waals surface area contributed by atoms with E-state index in [4.69, 9.17) is 33.3 Å². The molecule has 1 aliphatic rings. The maximum absolute atomic E-state index is 13.0. The number of halogens is 1. The van der Waals surface area contributed by atoms with E-state index in [2.05, 4.69) is 10.4 Å². The lowest BCUT2D eigenvalue weighted by molar-refractivity contribution is -0.122. The molecular formula is C24H23ClN4O3S. The minimum Gasteiger partial charge on any atom is -0.496 e. The number of hydrogen-bond donors (Lipinski definition) is 1. The highest BCUT2D eigenvalue weighted by Gasteiger charge is 2.30. The summed E-state index contributed by atoms with van der Waals surface area (Å²) >= 11 is 11.3. The summed E-state index contributed by atoms with van der Waals surface area (Å²) in [6, 6.07) is 12.8. The van der Waals surface area contributed by atoms with Crippen molar-refractivity contribution < 1.29 is 14.3 Å². The molecule has 0 aliphatic carbocycles. The first-order valence-electron chi connectivity index (χ1n) is 10.4. The Morgan fingerprint density at radius 3 is 2.70 bits per heavy atom. The number of hydrogen-bond acceptors (Lipinski definition) is 5. The van der Waals surface area contributed by atoms with E-state index in [9.17, 15) is 4.79 Å². The average molecular weight is 483 g/mol. The fourth-order valence-corrected chi connectivity index (χ4v) is 3.80. The number of carbonyl (C=O) groups is 1. The third-order valence-corrected chi connectivity index (χ3v) is 5.71. The second-order valence-electron chi connectivity index (χ2n) is 7.40. The fraction of sp³-hybridized carbons (Fsp3) is 0.208. The topological polar surface area (TPSA) is 68.6 Å². The Bertz CT molecular complexity index is 1210. The van der Waals surface area contributed by atoms with Crippen LogP contribution in [0.25, 0.3) is 6.08 Å². The zero-order valence-corrected chi connectivity index (χ0v) is 19.8. The summed E-state index contributed by atoms with van der Waals surface area (Å²) < 4.78 is 13.2. The number of methoxy groups -OCH3 is 1. The van der Waals surface area contributed by atoms with Crippen molar-refractivity contribution in [2.75, 3.05) is 7.11 Å². The Hall–Kier alpha value is -3.36. The first kappa shape index (κ1) is 22.8. The van der Waals surface area contributed by atoms with E-state index >= 15 is 0 Å². The zero-order valence-electron chi connectivity index (χ0n) is 18.2. The van der Waals surface area contributed by atoms with Crippen molar-refractivity contribution in [2.45, 2.75) is 26.6 Å². The summed E-state index contributed by atoms with van der Waals surface area (Å²) in [5, 5.41) is 8.29. The summed E-state index contributed by atoms with van der Waals surface area (Å²) in [6.07, 6.45) is 5.43. The Morgan fingerprint density at radius 1 is 1.21 bits per heavy atom. The minimum atomic E-state index is -0.181. The molecule has 170 valence electrons. The van der Waals surface area contributed by atoms with Crippen LogP contribution in [0.2, 0.25) is 5.02 Å². The summed E-state index contributed by atoms with van der Waals surface area (Å²) in [6.45, 7) is 3.44. The molecule has 7 nitrogen and oxygen atoms in total. The summed E-state index contributed by atoms with van der Waals surface area (Å²) in [7, 11) is 1.61. The van der Waals surface area contributed by atoms with E-state index in [-0.39, 0.29) is 5.91 Å². The SMILES string of the molecule is CCn1cc(CN2C(=O)/C(=C\c3ccc(OC)c(COc4ccc(Cl)cc4)c3)NC2=S)cn1. The smallest absolute Gasteiger partial charge is 0.276 e. The Kier molecular flexibility index (Phi) is 6.96. The third-order valence-electron chi connectivity index (χ3n) is 5.14. The van der Waals surface area contributed by atoms with Crippen molar-refractivity contribution in [3.05, 3.63) is 82.3 Å². The van der Waals surface area contributed by atoms with Crippen LogP contribution in [-0.4, -0.2) is 32.8 Å². The average Bonchev–Trinajstić information content (AvgIpc) is 3.38. The van der Waals surface area contributed by atoms with Gasteiger partial charge in [-0.05, 0) is 67.2 Å². The van der Waals surface area contributed by atoms with Gasteiger partial charge in [0.25, 0.3) is 5.91 Å². The van der Waals surface area contributed by atoms with Crippen LogP contribution in [0.4, 0.5) is 0 Å². The van der Waals surface area contributed by atoms with Gasteiger partial charge in [0.1, 0.15) is 23.8 Å². The van der Waals surface area contributed by atoms with Gasteiger partial charge in [0.15, 0.2) is 5.11 Å². The van der Waals surface area contributed by atoms with Gasteiger partial charge in [-0.25, -0.2) is 0 Å². The molecule has 0 unspecified atom stereocenters. The van der Waals surface area contributed by atoms with Crippen LogP contribution >= 0.6 is 23.8 Å². The normalized spacial score (nSPS) is 14.6. The Morgan fingerprint density at radius 2 is 2.00 bits per heavy atom. The molecule has 3 aromatic rings. The predicted molar refractivity (Wildman–Crippen MR) is 131 cm³/mol. The van der Waals surface area contributed by atoms with Gasteiger partial charge in [0.05, 0.1) is 19.9 Å². The number of aryl methyl sites for hydroxylation is 1. The predicted octanol–water partition coefficient (Wildman–Crippen LogP) is 4.40. The number of nitrogens with zero attached hydrogens (tertiary/aromatic N) is 3. The third kappa shape index (κ3) is 5.35. The van der Waals surface area contributed by atoms with Gasteiger partial charge in [-0.2, -0.15) is 5.10 Å². The number of aromatic nitrogens is 2. The number of rotatable bonds is 8. The van der Waals surface area contributed by atoms with E-state index in [1.807, 2.05) is 48.1 Å². The van der Waals surface area contributed by atoms with Gasteiger partial charge in [-0.15, -0.1) is 0 Å². The van der Waals surface area contributed by atoms with Crippen molar-refractivity contribution >= 4 is 40.9 Å². The molecule has 1 aromatic heterocycles. The first-order valence-corrected chi connectivity index (χ1v) is 11.2. The lowest BCUT2D eigenvalue weighted by atomic mass is 10.1. The van der Waals surface area contributed by atoms with Crippen molar-refractivity contribution in [1.82, 2.24) is 20.0 Å². The summed E-state index contributed by atoms with van der Waals surface area (Å²) in [5.74, 6) is 1.21. The van der Waals surface area contributed by atoms with Crippen LogP contribution in [0, 0.1) is 0 Å². The summed E-state index contributed by atoms with van der Waals surface area (Å²) in [5.41, 5.74) is 3.00. The molecule has 2 heterocycles. The molecule has 33 heavy (non-hydrogen) atoms. The molecule has 2 aromatic carbocycles. The molecule has 1 fully saturated rings. The van der Waals surface area contributed by atoms with Crippen molar-refractivity contribution in [3.8, 4) is 11.5 Å². The van der Waals surface area contributed by atoms with Crippen molar-refractivity contribution in [1.29, 1.82) is 0 Å². The van der Waals surface area contributed by atoms with Gasteiger partial charge in [-0.3, -0.25) is 14.4 Å². The second kappa shape index (κ2) is 10.1. The molecule has 1 amide bonds. The van der Waals surface area contributed by atoms with Crippen molar-refractivity contribution in [2.24, 2.45) is 0 Å². The molecule has 1 aliphatic heterocycles. The molecule has 0 saturated carbocycles. The van der Waals surface area contributed by atoms with Crippen LogP contribution in [0.3, 0.4) is 0 Å². The molecule has 1 saturated heterocycles. The molecule has 0 spiro atoms. The van der Waals surface area contributed by atoms with E-state index in [1.54, 1.807) is 31.5 Å². The largest absolute Gasteiger partial charge is 0.496 e. The van der Waals surface area contributed by atoms with E-state index < -0.39 is 0 Å². The highest BCUT2D eigenvalue weighted by atomic mass is 35.5. The highest BCUT2D eigenvalue weighted by molar-refractivity contribution is 7.80. The fourth-order valence-electron chi connectivity index (χ4n) is 3.42. The van der Waals surface area contributed by atoms with E-state index in [0.29, 0.717) is 40.5 Å². The van der Waals surface area contributed by atoms with Crippen LogP contribution in [0.5, 0.6) is 11.5 Å². The van der Waals surface area contributed by atoms with Crippen LogP contribution in [-0.2, 0) is 24.5 Å². The first-order chi connectivity index (χ1) is 16.0. The van der Waals surface area contributed by atoms with Crippen LogP contribution in [0.15, 0.2) is 60.6 Å². The Balaban J connectivity index is 1.50. The molecule has 0 radical (unpaired) electrons. The number of ether oxygens (including phenoxy) is 2. The van der Waals surface area contributed by atoms with Gasteiger partial charge in [0.2, 0.25) is 0 Å². The van der Waals surface area contributed by atoms with Crippen LogP contribution in [0.1, 0.15) is 23.6 Å². The van der Waals surface area contributed by atoms with Gasteiger partial charge >= 0.3 is 0 Å². The number of carbonyl (C=O) groups excluding carboxylic acids is 1. The lowest BCUT2D eigenvalue weighted by Crippen LogP contribution is -2.29. The standard InChI is InChI=1S/C24H23ClN4O3S/c1-3-28-13-17(12-26-28)14-29-23(30)21(27-24(29)33)11-16-4-9-22(31-2)18(10-16)15-32-20-7-5-19(25)6-8-20/h4-13H,3,14-15H2,1-2H3,(H,27,33)/b21-11+. The van der Waals surface area contributed by atoms with Gasteiger partial charge in [0, 0.05) is 28.9 Å². The second-order valence-corrected chi connectivity index (χ2v) is 8.22. The van der Waals surface area contributed by atoms with Crippen molar-refractivity contribution in [3.63, 3.8) is 0 Å². The van der Waals surface area contributed by atoms with Gasteiger partial charge < -0.3 is 14.8 Å². The number of amides is 1. The lowest BCUT2D eigenvalue weighted by Gasteiger charge is -2.12. The van der Waals surface area contributed by atoms with Gasteiger partial charge in [-0.1, -0.05) is 17.7 Å². The zero-order chi connectivity index (χ0) is 23.4. The number of nitrogens with one attached hydrogen (secondary N) is 1. The molecule has 0 atom stereocenters. The maximum atomic E-state index is 13.0. The molecular weight excluding hydrogens is 460 g/mol. The minimum absolute atomic E-state index is 0.181. The number of benzene rings is 2. The maximum Gasteiger partial charge on any atom is 0.276 e. The Labute approximate surface area is 202 Å². The van der Waals surface area contributed by atoms with E-state index in [1.165, 1.54) is 4.90 Å². The molecule has 1 N–H and O–H groups in total. The monoisotopic (exact) mass is 482 g/mol. The van der Waals surface area contributed by atoms with E-state index in [0.717, 1.165) is 23.2 Å². The molecule has 0 bridgehead atoms.